The van der Waals surface area contributed by atoms with Gasteiger partial charge in [-0.05, 0) is 65.7 Å². The molecule has 29 heavy (non-hydrogen) atoms. The smallest absolute Gasteiger partial charge is 0.0339 e. The van der Waals surface area contributed by atoms with Crippen LogP contribution in [-0.4, -0.2) is 0 Å². The fourth-order valence-corrected chi connectivity index (χ4v) is 5.83. The number of fused-ring (bicyclic) bond motifs is 2. The lowest BCUT2D eigenvalue weighted by Gasteiger charge is -2.24. The minimum absolute atomic E-state index is 0.278. The van der Waals surface area contributed by atoms with Gasteiger partial charge < -0.3 is 0 Å². The fraction of sp³-hybridized carbons (Fsp3) is 0.310. The fourth-order valence-electron chi connectivity index (χ4n) is 5.83. The van der Waals surface area contributed by atoms with Crippen LogP contribution in [-0.2, 0) is 6.42 Å². The molecule has 146 valence electrons. The third kappa shape index (κ3) is 3.81. The van der Waals surface area contributed by atoms with Gasteiger partial charge in [0.05, 0.1) is 0 Å². The molecular formula is C29H30. The van der Waals surface area contributed by atoms with E-state index < -0.39 is 0 Å². The van der Waals surface area contributed by atoms with Crippen LogP contribution in [0.25, 0.3) is 0 Å². The lowest BCUT2D eigenvalue weighted by Crippen LogP contribution is -2.14. The van der Waals surface area contributed by atoms with Gasteiger partial charge in [-0.25, -0.2) is 0 Å². The minimum atomic E-state index is 0.278. The number of hydrogen-bond acceptors (Lipinski definition) is 0. The molecule has 0 aliphatic heterocycles. The summed E-state index contributed by atoms with van der Waals surface area (Å²) in [6.45, 7) is 4.50. The van der Waals surface area contributed by atoms with E-state index in [-0.39, 0.29) is 5.92 Å². The van der Waals surface area contributed by atoms with Crippen molar-refractivity contribution in [2.75, 3.05) is 0 Å². The second kappa shape index (κ2) is 8.03. The van der Waals surface area contributed by atoms with Gasteiger partial charge in [0, 0.05) is 5.92 Å². The molecule has 3 unspecified atom stereocenters. The van der Waals surface area contributed by atoms with Crippen molar-refractivity contribution in [1.82, 2.24) is 0 Å². The lowest BCUT2D eigenvalue weighted by molar-refractivity contribution is 0.374. The Hall–Kier alpha value is -2.60. The summed E-state index contributed by atoms with van der Waals surface area (Å²) in [5, 5.41) is 0. The molecule has 3 aromatic rings. The first kappa shape index (κ1) is 18.4. The van der Waals surface area contributed by atoms with Crippen LogP contribution in [0.15, 0.2) is 97.1 Å². The lowest BCUT2D eigenvalue weighted by atomic mass is 9.81. The molecule has 2 saturated carbocycles. The number of allylic oxidation sites excluding steroid dienone is 1. The molecule has 0 nitrogen and oxygen atoms in total. The van der Waals surface area contributed by atoms with E-state index in [1.807, 2.05) is 0 Å². The molecule has 0 spiro atoms. The maximum absolute atomic E-state index is 4.50. The van der Waals surface area contributed by atoms with Crippen LogP contribution >= 0.6 is 0 Å². The topological polar surface area (TPSA) is 0 Å². The van der Waals surface area contributed by atoms with Crippen LogP contribution in [0, 0.1) is 17.8 Å². The molecular weight excluding hydrogens is 348 g/mol. The molecule has 2 fully saturated rings. The van der Waals surface area contributed by atoms with E-state index in [4.69, 9.17) is 0 Å². The Morgan fingerprint density at radius 3 is 1.83 bits per heavy atom. The van der Waals surface area contributed by atoms with Gasteiger partial charge in [-0.3, -0.25) is 0 Å². The summed E-state index contributed by atoms with van der Waals surface area (Å²) in [6, 6.07) is 31.0. The Morgan fingerprint density at radius 1 is 0.724 bits per heavy atom. The average molecular weight is 379 g/mol. The number of benzene rings is 3. The minimum Gasteiger partial charge on any atom is -0.0992 e. The Labute approximate surface area is 175 Å². The van der Waals surface area contributed by atoms with Crippen LogP contribution in [0.3, 0.4) is 0 Å². The Bertz CT molecular complexity index is 912. The second-order valence-corrected chi connectivity index (χ2v) is 9.11. The van der Waals surface area contributed by atoms with E-state index >= 15 is 0 Å². The van der Waals surface area contributed by atoms with Crippen molar-refractivity contribution in [1.29, 1.82) is 0 Å². The van der Waals surface area contributed by atoms with Gasteiger partial charge in [-0.1, -0.05) is 104 Å². The maximum Gasteiger partial charge on any atom is 0.0339 e. The molecule has 0 amide bonds. The van der Waals surface area contributed by atoms with Crippen LogP contribution in [0.1, 0.15) is 53.9 Å². The number of hydrogen-bond donors (Lipinski definition) is 0. The predicted octanol–water partition coefficient (Wildman–Crippen LogP) is 7.40. The van der Waals surface area contributed by atoms with Crippen molar-refractivity contribution in [2.45, 2.75) is 38.0 Å². The highest BCUT2D eigenvalue weighted by molar-refractivity contribution is 5.43. The van der Waals surface area contributed by atoms with E-state index in [0.29, 0.717) is 0 Å². The highest BCUT2D eigenvalue weighted by atomic mass is 14.4. The zero-order valence-electron chi connectivity index (χ0n) is 17.1. The Morgan fingerprint density at radius 2 is 1.31 bits per heavy atom. The molecule has 0 radical (unpaired) electrons. The zero-order chi connectivity index (χ0) is 19.6. The summed E-state index contributed by atoms with van der Waals surface area (Å²) >= 11 is 0. The monoisotopic (exact) mass is 378 g/mol. The van der Waals surface area contributed by atoms with Crippen LogP contribution < -0.4 is 0 Å². The molecule has 5 rings (SSSR count). The predicted molar refractivity (Wildman–Crippen MR) is 122 cm³/mol. The van der Waals surface area contributed by atoms with E-state index in [2.05, 4.69) is 91.5 Å². The largest absolute Gasteiger partial charge is 0.0992 e. The van der Waals surface area contributed by atoms with Gasteiger partial charge in [0.15, 0.2) is 0 Å². The molecule has 2 aliphatic carbocycles. The molecule has 0 heterocycles. The molecule has 2 aliphatic rings. The third-order valence-corrected chi connectivity index (χ3v) is 7.27. The van der Waals surface area contributed by atoms with Crippen LogP contribution in [0.2, 0.25) is 0 Å². The second-order valence-electron chi connectivity index (χ2n) is 9.11. The van der Waals surface area contributed by atoms with Gasteiger partial charge >= 0.3 is 0 Å². The van der Waals surface area contributed by atoms with Crippen LogP contribution in [0.4, 0.5) is 0 Å². The van der Waals surface area contributed by atoms with Crippen molar-refractivity contribution in [3.63, 3.8) is 0 Å². The van der Waals surface area contributed by atoms with Crippen molar-refractivity contribution in [2.24, 2.45) is 17.8 Å². The van der Waals surface area contributed by atoms with Crippen LogP contribution in [0.5, 0.6) is 0 Å². The summed E-state index contributed by atoms with van der Waals surface area (Å²) in [5.41, 5.74) is 6.92. The van der Waals surface area contributed by atoms with Crippen molar-refractivity contribution >= 4 is 0 Å². The van der Waals surface area contributed by atoms with Gasteiger partial charge in [0.1, 0.15) is 0 Å². The molecule has 0 aromatic heterocycles. The molecule has 3 atom stereocenters. The van der Waals surface area contributed by atoms with E-state index in [1.54, 1.807) is 0 Å². The normalized spacial score (nSPS) is 22.9. The molecule has 2 bridgehead atoms. The third-order valence-electron chi connectivity index (χ3n) is 7.27. The van der Waals surface area contributed by atoms with Gasteiger partial charge in [-0.2, -0.15) is 0 Å². The Kier molecular flexibility index (Phi) is 5.10. The average Bonchev–Trinajstić information content (AvgIpc) is 3.41. The van der Waals surface area contributed by atoms with E-state index in [9.17, 15) is 0 Å². The van der Waals surface area contributed by atoms with E-state index in [1.165, 1.54) is 53.5 Å². The highest BCUT2D eigenvalue weighted by Gasteiger charge is 2.40. The summed E-state index contributed by atoms with van der Waals surface area (Å²) in [5.74, 6) is 2.96. The molecule has 0 saturated heterocycles. The first-order valence-electron chi connectivity index (χ1n) is 11.1. The van der Waals surface area contributed by atoms with Gasteiger partial charge in [0.2, 0.25) is 0 Å². The number of rotatable bonds is 6. The maximum atomic E-state index is 4.50. The first-order chi connectivity index (χ1) is 14.3. The first-order valence-corrected chi connectivity index (χ1v) is 11.1. The van der Waals surface area contributed by atoms with Crippen molar-refractivity contribution < 1.29 is 0 Å². The summed E-state index contributed by atoms with van der Waals surface area (Å²) in [4.78, 5) is 0. The standard InChI is InChI=1S/C29H30/c1-21(28-20-23-14-17-27(28)19-23)18-22-12-15-26(16-13-22)29(24-8-4-2-5-9-24)25-10-6-3-7-11-25/h2-13,15-16,23,27-29H,1,14,17-20H2. The SMILES string of the molecule is C=C(Cc1ccc(C(c2ccccc2)c2ccccc2)cc1)C1CC2CCC1C2. The van der Waals surface area contributed by atoms with Gasteiger partial charge in [0.25, 0.3) is 0 Å². The highest BCUT2D eigenvalue weighted by Crippen LogP contribution is 2.51. The van der Waals surface area contributed by atoms with Crippen molar-refractivity contribution in [3.05, 3.63) is 119 Å². The zero-order valence-corrected chi connectivity index (χ0v) is 17.1. The van der Waals surface area contributed by atoms with Gasteiger partial charge in [-0.15, -0.1) is 0 Å². The quantitative estimate of drug-likeness (QED) is 0.309. The Balaban J connectivity index is 1.37. The molecule has 3 aromatic carbocycles. The summed E-state index contributed by atoms with van der Waals surface area (Å²) < 4.78 is 0. The molecule has 0 heteroatoms. The van der Waals surface area contributed by atoms with Crippen molar-refractivity contribution in [3.8, 4) is 0 Å². The van der Waals surface area contributed by atoms with E-state index in [0.717, 1.165) is 24.2 Å². The molecule has 0 N–H and O–H groups in total. The summed E-state index contributed by atoms with van der Waals surface area (Å²) in [6.07, 6.45) is 6.78. The summed E-state index contributed by atoms with van der Waals surface area (Å²) in [7, 11) is 0.